The summed E-state index contributed by atoms with van der Waals surface area (Å²) in [6, 6.07) is 9.67. The molecule has 1 aromatic carbocycles. The smallest absolute Gasteiger partial charge is 0.268 e. The highest BCUT2D eigenvalue weighted by atomic mass is 32.2. The molecule has 1 fully saturated rings. The zero-order chi connectivity index (χ0) is 20.9. The number of aromatic nitrogens is 4. The third-order valence-electron chi connectivity index (χ3n) is 5.72. The van der Waals surface area contributed by atoms with Gasteiger partial charge < -0.3 is 14.4 Å². The molecule has 2 aliphatic heterocycles. The molecule has 0 N–H and O–H groups in total. The van der Waals surface area contributed by atoms with Crippen LogP contribution < -0.4 is 5.56 Å². The number of thioether (sulfide) groups is 1. The molecule has 4 aromatic rings. The summed E-state index contributed by atoms with van der Waals surface area (Å²) in [6.07, 6.45) is 0.633. The van der Waals surface area contributed by atoms with Crippen LogP contribution in [0.2, 0.25) is 0 Å². The number of thiophene rings is 1. The fourth-order valence-corrected chi connectivity index (χ4v) is 6.59. The summed E-state index contributed by atoms with van der Waals surface area (Å²) in [6.45, 7) is 3.04. The van der Waals surface area contributed by atoms with Crippen molar-refractivity contribution in [1.29, 1.82) is 0 Å². The van der Waals surface area contributed by atoms with Crippen molar-refractivity contribution in [3.63, 3.8) is 0 Å². The molecule has 0 saturated carbocycles. The number of rotatable bonds is 4. The van der Waals surface area contributed by atoms with E-state index in [0.717, 1.165) is 40.6 Å². The molecule has 3 aromatic heterocycles. The fourth-order valence-electron chi connectivity index (χ4n) is 4.23. The van der Waals surface area contributed by atoms with Gasteiger partial charge in [-0.2, -0.15) is 0 Å². The van der Waals surface area contributed by atoms with E-state index < -0.39 is 0 Å². The zero-order valence-corrected chi connectivity index (χ0v) is 18.6. The van der Waals surface area contributed by atoms with Crippen LogP contribution in [0.4, 0.5) is 0 Å². The van der Waals surface area contributed by atoms with Crippen molar-refractivity contribution in [2.45, 2.75) is 24.4 Å². The van der Waals surface area contributed by atoms with E-state index in [1.807, 2.05) is 34.7 Å². The molecule has 10 heteroatoms. The van der Waals surface area contributed by atoms with E-state index in [4.69, 9.17) is 9.47 Å². The molecule has 0 bridgehead atoms. The van der Waals surface area contributed by atoms with E-state index in [-0.39, 0.29) is 11.8 Å². The lowest BCUT2D eigenvalue weighted by atomic mass is 10.1. The van der Waals surface area contributed by atoms with Crippen molar-refractivity contribution in [3.8, 4) is 5.69 Å². The number of para-hydroxylation sites is 1. The summed E-state index contributed by atoms with van der Waals surface area (Å²) in [5.74, 6) is 1.16. The number of fused-ring (bicyclic) bond motifs is 5. The van der Waals surface area contributed by atoms with Crippen LogP contribution in [-0.4, -0.2) is 62.9 Å². The number of benzene rings is 1. The molecule has 5 heterocycles. The molecule has 0 amide bonds. The van der Waals surface area contributed by atoms with Crippen LogP contribution in [0.3, 0.4) is 0 Å². The second-order valence-electron chi connectivity index (χ2n) is 7.75. The fraction of sp³-hybridized carbons (Fsp3) is 0.381. The molecule has 2 aliphatic rings. The Morgan fingerprint density at radius 1 is 1.19 bits per heavy atom. The zero-order valence-electron chi connectivity index (χ0n) is 17.0. The lowest BCUT2D eigenvalue weighted by Crippen LogP contribution is -2.27. The van der Waals surface area contributed by atoms with Crippen molar-refractivity contribution in [2.24, 2.45) is 0 Å². The van der Waals surface area contributed by atoms with Crippen LogP contribution in [0, 0.1) is 0 Å². The minimum absolute atomic E-state index is 0.0258. The van der Waals surface area contributed by atoms with Crippen LogP contribution in [0.25, 0.3) is 21.7 Å². The Bertz CT molecular complexity index is 1320. The topological polar surface area (TPSA) is 73.9 Å². The Morgan fingerprint density at radius 3 is 2.81 bits per heavy atom. The van der Waals surface area contributed by atoms with Gasteiger partial charge in [0.2, 0.25) is 5.78 Å². The molecule has 0 atom stereocenters. The summed E-state index contributed by atoms with van der Waals surface area (Å²) in [5, 5.41) is 10.4. The summed E-state index contributed by atoms with van der Waals surface area (Å²) in [7, 11) is 2.12. The van der Waals surface area contributed by atoms with E-state index in [0.29, 0.717) is 24.7 Å². The second-order valence-corrected chi connectivity index (χ2v) is 9.82. The average Bonchev–Trinajstić information content (AvgIpc) is 3.51. The van der Waals surface area contributed by atoms with Crippen LogP contribution >= 0.6 is 23.1 Å². The van der Waals surface area contributed by atoms with Gasteiger partial charge in [0.15, 0.2) is 11.4 Å². The third kappa shape index (κ3) is 3.21. The molecule has 160 valence electrons. The largest absolute Gasteiger partial charge is 0.349 e. The molecule has 0 unspecified atom stereocenters. The van der Waals surface area contributed by atoms with Crippen molar-refractivity contribution in [2.75, 3.05) is 32.6 Å². The first-order valence-electron chi connectivity index (χ1n) is 10.2. The monoisotopic (exact) mass is 455 g/mol. The van der Waals surface area contributed by atoms with Gasteiger partial charge in [-0.25, -0.2) is 8.97 Å². The lowest BCUT2D eigenvalue weighted by Gasteiger charge is -2.21. The third-order valence-corrected chi connectivity index (χ3v) is 7.88. The molecular formula is C21H21N5O3S2. The van der Waals surface area contributed by atoms with Gasteiger partial charge in [-0.05, 0) is 31.2 Å². The molecule has 0 aliphatic carbocycles. The molecule has 0 radical (unpaired) electrons. The van der Waals surface area contributed by atoms with Gasteiger partial charge in [-0.1, -0.05) is 30.0 Å². The van der Waals surface area contributed by atoms with E-state index >= 15 is 0 Å². The molecule has 8 nitrogen and oxygen atoms in total. The molecule has 0 spiro atoms. The van der Waals surface area contributed by atoms with Crippen molar-refractivity contribution in [1.82, 2.24) is 24.1 Å². The number of hydrogen-bond donors (Lipinski definition) is 0. The quantitative estimate of drug-likeness (QED) is 0.438. The second kappa shape index (κ2) is 7.72. The summed E-state index contributed by atoms with van der Waals surface area (Å²) >= 11 is 3.23. The number of ether oxygens (including phenoxy) is 2. The molecule has 1 saturated heterocycles. The summed E-state index contributed by atoms with van der Waals surface area (Å²) < 4.78 is 14.9. The average molecular weight is 456 g/mol. The number of likely N-dealkylation sites (N-methyl/N-ethyl adjacent to an activating group) is 1. The van der Waals surface area contributed by atoms with Crippen LogP contribution in [0.15, 0.2) is 40.3 Å². The lowest BCUT2D eigenvalue weighted by molar-refractivity contribution is -0.0215. The van der Waals surface area contributed by atoms with Gasteiger partial charge in [-0.3, -0.25) is 4.79 Å². The standard InChI is InChI=1S/C21H21N5O3S2/c1-24-8-7-14-15(11-24)31-19-17(14)18(27)25(13-5-3-2-4-6-13)20-22-23-21(26(19)20)30-12-16-28-9-10-29-16/h2-6,16H,7-12H2,1H3. The van der Waals surface area contributed by atoms with Gasteiger partial charge in [0, 0.05) is 18.0 Å². The molecular weight excluding hydrogens is 434 g/mol. The van der Waals surface area contributed by atoms with Gasteiger partial charge in [0.25, 0.3) is 5.56 Å². The first kappa shape index (κ1) is 19.4. The van der Waals surface area contributed by atoms with Gasteiger partial charge in [0.05, 0.1) is 30.0 Å². The van der Waals surface area contributed by atoms with Crippen molar-refractivity contribution >= 4 is 39.1 Å². The minimum atomic E-state index is -0.238. The Morgan fingerprint density at radius 2 is 2.00 bits per heavy atom. The van der Waals surface area contributed by atoms with E-state index in [9.17, 15) is 4.79 Å². The minimum Gasteiger partial charge on any atom is -0.349 e. The molecule has 6 rings (SSSR count). The Hall–Kier alpha value is -2.24. The summed E-state index contributed by atoms with van der Waals surface area (Å²) in [4.78, 5) is 18.2. The number of hydrogen-bond acceptors (Lipinski definition) is 8. The van der Waals surface area contributed by atoms with Crippen LogP contribution in [0.5, 0.6) is 0 Å². The molecule has 31 heavy (non-hydrogen) atoms. The first-order valence-corrected chi connectivity index (χ1v) is 12.1. The van der Waals surface area contributed by atoms with E-state index in [1.54, 1.807) is 27.7 Å². The van der Waals surface area contributed by atoms with E-state index in [1.165, 1.54) is 10.4 Å². The maximum Gasteiger partial charge on any atom is 0.268 e. The maximum absolute atomic E-state index is 13.8. The van der Waals surface area contributed by atoms with E-state index in [2.05, 4.69) is 22.1 Å². The highest BCUT2D eigenvalue weighted by Gasteiger charge is 2.27. The highest BCUT2D eigenvalue weighted by molar-refractivity contribution is 7.99. The predicted molar refractivity (Wildman–Crippen MR) is 120 cm³/mol. The SMILES string of the molecule is CN1CCc2c(sc3c2c(=O)n(-c2ccccc2)c2nnc(SCC4OCCO4)n32)C1. The van der Waals surface area contributed by atoms with Crippen LogP contribution in [0.1, 0.15) is 10.4 Å². The maximum atomic E-state index is 13.8. The number of nitrogens with zero attached hydrogens (tertiary/aromatic N) is 5. The Kier molecular flexibility index (Phi) is 4.84. The van der Waals surface area contributed by atoms with Crippen molar-refractivity contribution in [3.05, 3.63) is 51.1 Å². The highest BCUT2D eigenvalue weighted by Crippen LogP contribution is 2.35. The van der Waals surface area contributed by atoms with Crippen molar-refractivity contribution < 1.29 is 9.47 Å². The van der Waals surface area contributed by atoms with Gasteiger partial charge in [0.1, 0.15) is 4.83 Å². The Balaban J connectivity index is 1.60. The predicted octanol–water partition coefficient (Wildman–Crippen LogP) is 2.55. The normalized spacial score (nSPS) is 17.7. The first-order chi connectivity index (χ1) is 15.2. The Labute approximate surface area is 186 Å². The van der Waals surface area contributed by atoms with Crippen LogP contribution in [-0.2, 0) is 22.4 Å². The summed E-state index contributed by atoms with van der Waals surface area (Å²) in [5.41, 5.74) is 1.93. The van der Waals surface area contributed by atoms with Gasteiger partial charge in [-0.15, -0.1) is 21.5 Å². The van der Waals surface area contributed by atoms with Gasteiger partial charge >= 0.3 is 0 Å².